The Bertz CT molecular complexity index is 1800. The molecule has 3 fully saturated rings. The lowest BCUT2D eigenvalue weighted by Gasteiger charge is -2.52. The zero-order valence-electron chi connectivity index (χ0n) is 41.8. The first kappa shape index (κ1) is 55.6. The summed E-state index contributed by atoms with van der Waals surface area (Å²) in [5.41, 5.74) is -0.985. The van der Waals surface area contributed by atoms with Crippen LogP contribution in [0.1, 0.15) is 122 Å². The highest BCUT2D eigenvalue weighted by atomic mass is 16.7. The molecule has 13 atom stereocenters. The predicted octanol–water partition coefficient (Wildman–Crippen LogP) is 2.48. The van der Waals surface area contributed by atoms with Gasteiger partial charge in [-0.2, -0.15) is 0 Å². The summed E-state index contributed by atoms with van der Waals surface area (Å²) in [5.74, 6) is -3.22. The number of carbonyl (C=O) groups excluding carboxylic acids is 5. The summed E-state index contributed by atoms with van der Waals surface area (Å²) < 4.78 is 41.1. The molecule has 4 aliphatic rings. The molecule has 3 unspecified atom stereocenters. The van der Waals surface area contributed by atoms with Crippen molar-refractivity contribution in [3.8, 4) is 0 Å². The van der Waals surface area contributed by atoms with Crippen molar-refractivity contribution in [2.45, 2.75) is 205 Å². The van der Waals surface area contributed by atoms with Gasteiger partial charge in [-0.3, -0.25) is 9.59 Å². The predicted molar refractivity (Wildman–Crippen MR) is 241 cm³/mol. The lowest BCUT2D eigenvalue weighted by molar-refractivity contribution is -0.306. The highest BCUT2D eigenvalue weighted by Crippen LogP contribution is 2.41. The van der Waals surface area contributed by atoms with Crippen LogP contribution in [0.3, 0.4) is 0 Å². The van der Waals surface area contributed by atoms with Crippen molar-refractivity contribution in [2.75, 3.05) is 26.8 Å². The molecule has 0 spiro atoms. The van der Waals surface area contributed by atoms with E-state index in [2.05, 4.69) is 16.0 Å². The Balaban J connectivity index is 1.80. The fraction of sp³-hybridized carbons (Fsp3) is 0.848. The summed E-state index contributed by atoms with van der Waals surface area (Å²) in [6.45, 7) is 21.6. The third-order valence-electron chi connectivity index (χ3n) is 11.7. The Labute approximate surface area is 394 Å². The van der Waals surface area contributed by atoms with Crippen molar-refractivity contribution in [3.05, 3.63) is 11.8 Å². The molecule has 0 bridgehead atoms. The maximum absolute atomic E-state index is 14.4. The van der Waals surface area contributed by atoms with Crippen LogP contribution in [-0.2, 0) is 42.7 Å². The molecule has 2 heterocycles. The zero-order valence-corrected chi connectivity index (χ0v) is 41.8. The number of likely N-dealkylation sites (N-methyl/N-ethyl adjacent to an activating group) is 1. The number of ether oxygens (including phenoxy) is 7. The van der Waals surface area contributed by atoms with Gasteiger partial charge in [-0.25, -0.2) is 14.4 Å². The molecule has 9 N–H and O–H groups in total. The molecule has 1 saturated heterocycles. The minimum absolute atomic E-state index is 0.0682. The van der Waals surface area contributed by atoms with Crippen LogP contribution in [0.4, 0.5) is 14.4 Å². The number of nitrogens with zero attached hydrogens (tertiary/aromatic N) is 1. The average molecular weight is 958 g/mol. The molecule has 21 nitrogen and oxygen atoms in total. The lowest BCUT2D eigenvalue weighted by atomic mass is 9.72. The molecule has 21 heteroatoms. The molecule has 0 aromatic rings. The lowest BCUT2D eigenvalue weighted by Crippen LogP contribution is -2.71. The third kappa shape index (κ3) is 15.2. The number of hydrogen-bond acceptors (Lipinski definition) is 17. The van der Waals surface area contributed by atoms with Crippen LogP contribution in [0.2, 0.25) is 0 Å². The summed E-state index contributed by atoms with van der Waals surface area (Å²) in [4.78, 5) is 68.8. The fourth-order valence-corrected chi connectivity index (χ4v) is 8.85. The number of rotatable bonds is 11. The highest BCUT2D eigenvalue weighted by molar-refractivity contribution is 5.87. The Morgan fingerprint density at radius 2 is 1.43 bits per heavy atom. The molecule has 0 aromatic carbocycles. The first-order valence-corrected chi connectivity index (χ1v) is 23.1. The van der Waals surface area contributed by atoms with Crippen molar-refractivity contribution in [1.82, 2.24) is 20.9 Å². The second-order valence-corrected chi connectivity index (χ2v) is 22.9. The van der Waals surface area contributed by atoms with Crippen molar-refractivity contribution in [1.29, 1.82) is 0 Å². The molecule has 2 aliphatic heterocycles. The van der Waals surface area contributed by atoms with E-state index in [-0.39, 0.29) is 50.7 Å². The Morgan fingerprint density at radius 1 is 0.836 bits per heavy atom. The molecule has 384 valence electrons. The van der Waals surface area contributed by atoms with Gasteiger partial charge in [0.05, 0.1) is 49.9 Å². The fourth-order valence-electron chi connectivity index (χ4n) is 8.85. The number of esters is 1. The van der Waals surface area contributed by atoms with Crippen molar-refractivity contribution < 1.29 is 77.6 Å². The second kappa shape index (κ2) is 20.9. The molecule has 0 radical (unpaired) electrons. The monoisotopic (exact) mass is 958 g/mol. The largest absolute Gasteiger partial charge is 0.491 e. The third-order valence-corrected chi connectivity index (χ3v) is 11.7. The first-order valence-electron chi connectivity index (χ1n) is 23.1. The van der Waals surface area contributed by atoms with E-state index in [0.29, 0.717) is 5.76 Å². The van der Waals surface area contributed by atoms with Crippen LogP contribution in [0.15, 0.2) is 11.8 Å². The highest BCUT2D eigenvalue weighted by Gasteiger charge is 2.57. The van der Waals surface area contributed by atoms with Crippen molar-refractivity contribution in [2.24, 2.45) is 23.0 Å². The Kier molecular flexibility index (Phi) is 17.4. The van der Waals surface area contributed by atoms with Crippen LogP contribution in [0.5, 0.6) is 0 Å². The number of alkyl carbamates (subject to hydrolysis) is 2. The first-order chi connectivity index (χ1) is 30.5. The standard InChI is InChI=1S/C46H79N5O16/c1-41(2,3)22-62-38(56)49-26-16-15-25(21-47)63-32(26)29-27(50-39(57)66-43(7,8)9)19-28(48-37(55)46(60)18-17-24(20-46)35(54)65-42(4,5)6)33(30(29)52)64-36-31(53)34(45(13,59)23-61-36)51(14)40(58)67-44(10,11)12/h15,24,26-34,36,52-53,59-60H,16-23,47H2,1-14H3,(H,48,55)(H,49,56)(H,50,57)/t24?,26-,27+,28-,29-,30+,31-,32?,33+,34-,36-,45+,46?/m1/s1. The summed E-state index contributed by atoms with van der Waals surface area (Å²) in [7, 11) is 1.33. The Morgan fingerprint density at radius 3 is 2.00 bits per heavy atom. The number of carbonyl (C=O) groups is 5. The van der Waals surface area contributed by atoms with Gasteiger partial charge in [0.2, 0.25) is 0 Å². The summed E-state index contributed by atoms with van der Waals surface area (Å²) in [5, 5.41) is 56.6. The van der Waals surface area contributed by atoms with Crippen LogP contribution in [0, 0.1) is 17.3 Å². The van der Waals surface area contributed by atoms with Gasteiger partial charge in [-0.1, -0.05) is 20.8 Å². The number of aliphatic hydroxyl groups excluding tert-OH is 2. The van der Waals surface area contributed by atoms with Crippen LogP contribution in [0.25, 0.3) is 0 Å². The number of hydrogen-bond donors (Lipinski definition) is 8. The van der Waals surface area contributed by atoms with Gasteiger partial charge in [0.15, 0.2) is 6.29 Å². The van der Waals surface area contributed by atoms with Crippen molar-refractivity contribution in [3.63, 3.8) is 0 Å². The van der Waals surface area contributed by atoms with E-state index >= 15 is 0 Å². The SMILES string of the molecule is CN(C(=O)OC(C)(C)C)[C@@H]1[C@@H](O)[C@@H](O[C@@H]2[C@@H](O)[C@H](C3OC(CN)=CC[C@H]3NC(=O)OCC(C)(C)C)[C@@H](NC(=O)OC(C)(C)C)C[C@H]2NC(=O)C2(O)CCC(C(=O)OC(C)(C)C)C2)OC[C@]1(C)O. The zero-order chi connectivity index (χ0) is 50.8. The summed E-state index contributed by atoms with van der Waals surface area (Å²) >= 11 is 0. The molecule has 0 aromatic heterocycles. The maximum atomic E-state index is 14.4. The van der Waals surface area contributed by atoms with Gasteiger partial charge in [0, 0.05) is 19.0 Å². The number of amides is 4. The van der Waals surface area contributed by atoms with Gasteiger partial charge in [-0.05, 0) is 113 Å². The van der Waals surface area contributed by atoms with Gasteiger partial charge in [0.1, 0.15) is 52.1 Å². The van der Waals surface area contributed by atoms with Crippen LogP contribution < -0.4 is 21.7 Å². The summed E-state index contributed by atoms with van der Waals surface area (Å²) in [6.07, 6.45) is -9.23. The average Bonchev–Trinajstić information content (AvgIpc) is 3.57. The van der Waals surface area contributed by atoms with Crippen LogP contribution in [-0.4, -0.2) is 165 Å². The van der Waals surface area contributed by atoms with Crippen molar-refractivity contribution >= 4 is 30.2 Å². The van der Waals surface area contributed by atoms with E-state index in [0.717, 1.165) is 4.90 Å². The van der Waals surface area contributed by atoms with E-state index in [1.54, 1.807) is 68.4 Å². The molecule has 2 saturated carbocycles. The number of nitrogens with two attached hydrogens (primary N) is 1. The second-order valence-electron chi connectivity index (χ2n) is 22.9. The Hall–Kier alpha value is -3.99. The topological polar surface area (TPSA) is 296 Å². The molecular formula is C46H79N5O16. The molecule has 4 amide bonds. The quantitative estimate of drug-likeness (QED) is 0.109. The van der Waals surface area contributed by atoms with E-state index < -0.39 is 131 Å². The van der Waals surface area contributed by atoms with E-state index in [1.165, 1.54) is 14.0 Å². The van der Waals surface area contributed by atoms with Gasteiger partial charge in [0.25, 0.3) is 5.91 Å². The normalized spacial score (nSPS) is 33.8. The van der Waals surface area contributed by atoms with Gasteiger partial charge in [-0.15, -0.1) is 0 Å². The molecule has 4 rings (SSSR count). The molecular weight excluding hydrogens is 879 g/mol. The smallest absolute Gasteiger partial charge is 0.410 e. The molecule has 2 aliphatic carbocycles. The number of aliphatic hydroxyl groups is 4. The summed E-state index contributed by atoms with van der Waals surface area (Å²) in [6, 6.07) is -4.74. The number of nitrogens with one attached hydrogen (secondary N) is 3. The maximum Gasteiger partial charge on any atom is 0.410 e. The van der Waals surface area contributed by atoms with E-state index in [9.17, 15) is 44.4 Å². The minimum Gasteiger partial charge on any atom is -0.491 e. The molecule has 67 heavy (non-hydrogen) atoms. The minimum atomic E-state index is -2.08. The van der Waals surface area contributed by atoms with E-state index in [4.69, 9.17) is 38.9 Å². The van der Waals surface area contributed by atoms with Gasteiger partial charge >= 0.3 is 24.2 Å². The van der Waals surface area contributed by atoms with E-state index in [1.807, 2.05) is 20.8 Å². The van der Waals surface area contributed by atoms with Crippen LogP contribution >= 0.6 is 0 Å². The van der Waals surface area contributed by atoms with Gasteiger partial charge < -0.3 is 80.2 Å².